The minimum absolute atomic E-state index is 0.221. The predicted molar refractivity (Wildman–Crippen MR) is 103 cm³/mol. The van der Waals surface area contributed by atoms with E-state index in [0.29, 0.717) is 33.8 Å². The van der Waals surface area contributed by atoms with Crippen LogP contribution in [-0.2, 0) is 0 Å². The van der Waals surface area contributed by atoms with Crippen LogP contribution in [0.25, 0.3) is 11.0 Å². The van der Waals surface area contributed by atoms with E-state index in [1.165, 1.54) is 11.0 Å². The number of carbonyl (C=O) groups excluding carboxylic acids is 1. The van der Waals surface area contributed by atoms with Gasteiger partial charge >= 0.3 is 0 Å². The quantitative estimate of drug-likeness (QED) is 0.530. The normalized spacial score (nSPS) is 17.8. The predicted octanol–water partition coefficient (Wildman–Crippen LogP) is 1.51. The molecule has 2 aliphatic rings. The van der Waals surface area contributed by atoms with Crippen LogP contribution in [-0.4, -0.2) is 36.4 Å². The van der Waals surface area contributed by atoms with Crippen LogP contribution < -0.4 is 21.6 Å². The van der Waals surface area contributed by atoms with E-state index < -0.39 is 5.66 Å². The zero-order valence-electron chi connectivity index (χ0n) is 15.4. The molecule has 1 saturated carbocycles. The number of hydrogen-bond donors (Lipinski definition) is 4. The molecule has 4 heterocycles. The zero-order chi connectivity index (χ0) is 19.3. The molecule has 0 bridgehead atoms. The van der Waals surface area contributed by atoms with Crippen molar-refractivity contribution in [2.75, 3.05) is 10.7 Å². The van der Waals surface area contributed by atoms with E-state index in [0.717, 1.165) is 32.1 Å². The van der Waals surface area contributed by atoms with Gasteiger partial charge in [0, 0.05) is 0 Å². The number of anilines is 2. The second kappa shape index (κ2) is 6.04. The van der Waals surface area contributed by atoms with Crippen LogP contribution in [0.5, 0.6) is 0 Å². The molecule has 3 aromatic rings. The second-order valence-corrected chi connectivity index (χ2v) is 7.42. The molecule has 5 rings (SSSR count). The van der Waals surface area contributed by atoms with Gasteiger partial charge in [0.1, 0.15) is 29.2 Å². The molecule has 4 N–H and O–H groups in total. The fraction of sp³-hybridized carbons (Fsp3) is 0.389. The summed E-state index contributed by atoms with van der Waals surface area (Å²) in [4.78, 5) is 34.3. The van der Waals surface area contributed by atoms with Crippen LogP contribution in [0.3, 0.4) is 0 Å². The Kier molecular flexibility index (Phi) is 3.61. The molecule has 3 aromatic heterocycles. The third-order valence-electron chi connectivity index (χ3n) is 5.49. The summed E-state index contributed by atoms with van der Waals surface area (Å²) in [5.41, 5.74) is 4.33. The monoisotopic (exact) mass is 380 g/mol. The number of aromatic amines is 1. The minimum atomic E-state index is -0.566. The van der Waals surface area contributed by atoms with Crippen molar-refractivity contribution in [2.24, 2.45) is 0 Å². The van der Waals surface area contributed by atoms with Gasteiger partial charge in [0.2, 0.25) is 0 Å². The number of hydrogen-bond acceptors (Lipinski definition) is 7. The minimum Gasteiger partial charge on any atom is -0.335 e. The second-order valence-electron chi connectivity index (χ2n) is 7.42. The molecule has 10 heteroatoms. The Morgan fingerprint density at radius 3 is 2.82 bits per heavy atom. The van der Waals surface area contributed by atoms with Crippen LogP contribution in [0.1, 0.15) is 48.2 Å². The van der Waals surface area contributed by atoms with E-state index in [-0.39, 0.29) is 11.5 Å². The molecule has 144 valence electrons. The van der Waals surface area contributed by atoms with Crippen molar-refractivity contribution in [1.82, 2.24) is 30.2 Å². The molecule has 28 heavy (non-hydrogen) atoms. The number of rotatable bonds is 2. The van der Waals surface area contributed by atoms with E-state index in [9.17, 15) is 9.59 Å². The van der Waals surface area contributed by atoms with E-state index >= 15 is 0 Å². The fourth-order valence-electron chi connectivity index (χ4n) is 4.12. The maximum Gasteiger partial charge on any atom is 0.293 e. The highest BCUT2D eigenvalue weighted by molar-refractivity contribution is 5.96. The molecular weight excluding hydrogens is 360 g/mol. The maximum absolute atomic E-state index is 13.2. The third kappa shape index (κ3) is 2.52. The highest BCUT2D eigenvalue weighted by atomic mass is 16.2. The van der Waals surface area contributed by atoms with Crippen molar-refractivity contribution in [3.05, 3.63) is 40.2 Å². The first-order valence-electron chi connectivity index (χ1n) is 9.35. The lowest BCUT2D eigenvalue weighted by Gasteiger charge is -2.43. The summed E-state index contributed by atoms with van der Waals surface area (Å²) < 4.78 is 1.38. The summed E-state index contributed by atoms with van der Waals surface area (Å²) in [5, 5.41) is 13.6. The van der Waals surface area contributed by atoms with Crippen molar-refractivity contribution < 1.29 is 4.79 Å². The van der Waals surface area contributed by atoms with Crippen LogP contribution in [0.15, 0.2) is 23.4 Å². The third-order valence-corrected chi connectivity index (χ3v) is 5.49. The Balaban J connectivity index is 1.59. The first-order chi connectivity index (χ1) is 13.6. The van der Waals surface area contributed by atoms with Gasteiger partial charge in [-0.15, -0.1) is 0 Å². The summed E-state index contributed by atoms with van der Waals surface area (Å²) in [6.07, 6.45) is 7.74. The van der Waals surface area contributed by atoms with Gasteiger partial charge in [-0.2, -0.15) is 5.10 Å². The fourth-order valence-corrected chi connectivity index (χ4v) is 4.12. The first-order valence-corrected chi connectivity index (χ1v) is 9.35. The zero-order valence-corrected chi connectivity index (χ0v) is 15.4. The van der Waals surface area contributed by atoms with Crippen LogP contribution in [0.4, 0.5) is 11.5 Å². The Hall–Kier alpha value is -3.43. The van der Waals surface area contributed by atoms with Crippen LogP contribution in [0.2, 0.25) is 0 Å². The summed E-state index contributed by atoms with van der Waals surface area (Å²) >= 11 is 0. The van der Waals surface area contributed by atoms with Gasteiger partial charge in [-0.25, -0.2) is 14.6 Å². The van der Waals surface area contributed by atoms with Crippen molar-refractivity contribution in [1.29, 1.82) is 0 Å². The van der Waals surface area contributed by atoms with Crippen molar-refractivity contribution in [3.63, 3.8) is 0 Å². The molecule has 1 amide bonds. The van der Waals surface area contributed by atoms with Gasteiger partial charge in [0.25, 0.3) is 11.5 Å². The average molecular weight is 380 g/mol. The molecule has 1 aliphatic carbocycles. The van der Waals surface area contributed by atoms with E-state index in [4.69, 9.17) is 0 Å². The average Bonchev–Trinajstić information content (AvgIpc) is 3.16. The van der Waals surface area contributed by atoms with Crippen LogP contribution in [0, 0.1) is 6.92 Å². The lowest BCUT2D eigenvalue weighted by atomic mass is 9.88. The van der Waals surface area contributed by atoms with Crippen molar-refractivity contribution in [3.8, 4) is 0 Å². The molecular formula is C18H20N8O2. The van der Waals surface area contributed by atoms with Gasteiger partial charge in [0.05, 0.1) is 11.6 Å². The molecule has 0 aromatic carbocycles. The molecule has 0 radical (unpaired) electrons. The lowest BCUT2D eigenvalue weighted by Crippen LogP contribution is -2.64. The summed E-state index contributed by atoms with van der Waals surface area (Å²) in [6, 6.07) is 1.67. The highest BCUT2D eigenvalue weighted by Crippen LogP contribution is 2.30. The smallest absolute Gasteiger partial charge is 0.293 e. The number of aromatic nitrogens is 5. The Labute approximate surface area is 159 Å². The van der Waals surface area contributed by atoms with Crippen molar-refractivity contribution >= 4 is 28.4 Å². The summed E-state index contributed by atoms with van der Waals surface area (Å²) in [5.74, 6) is 0.254. The first kappa shape index (κ1) is 16.7. The number of H-pyrrole nitrogens is 1. The summed E-state index contributed by atoms with van der Waals surface area (Å²) in [7, 11) is 0. The highest BCUT2D eigenvalue weighted by Gasteiger charge is 2.40. The van der Waals surface area contributed by atoms with Gasteiger partial charge < -0.3 is 10.6 Å². The number of pyridine rings is 1. The Bertz CT molecular complexity index is 1140. The topological polar surface area (TPSA) is 130 Å². The van der Waals surface area contributed by atoms with E-state index in [2.05, 4.69) is 36.2 Å². The molecule has 0 saturated heterocycles. The Morgan fingerprint density at radius 1 is 1.18 bits per heavy atom. The molecule has 1 aliphatic heterocycles. The standard InChI is InChI=1S/C18H20N8O2/c1-10-7-12(22-14-11-8-21-24-15(11)20-9-19-14)17(28)26-13(10)16(27)23-18(25-26)5-3-2-4-6-18/h7-9,25H,2-6H2,1H3,(H,23,27)(H2,19,20,21,22,24). The molecule has 10 nitrogen and oxygen atoms in total. The van der Waals surface area contributed by atoms with Gasteiger partial charge in [0.15, 0.2) is 5.65 Å². The SMILES string of the molecule is Cc1cc(Nc2ncnc3[nH]ncc23)c(=O)n2c1C(=O)NC1(CCCCC1)N2. The van der Waals surface area contributed by atoms with Gasteiger partial charge in [-0.1, -0.05) is 6.42 Å². The number of amides is 1. The molecule has 0 atom stereocenters. The van der Waals surface area contributed by atoms with Gasteiger partial charge in [-0.3, -0.25) is 20.1 Å². The maximum atomic E-state index is 13.2. The summed E-state index contributed by atoms with van der Waals surface area (Å²) in [6.45, 7) is 1.81. The van der Waals surface area contributed by atoms with Gasteiger partial charge in [-0.05, 0) is 44.2 Å². The Morgan fingerprint density at radius 2 is 2.00 bits per heavy atom. The largest absolute Gasteiger partial charge is 0.335 e. The molecule has 0 unspecified atom stereocenters. The van der Waals surface area contributed by atoms with Crippen LogP contribution >= 0.6 is 0 Å². The molecule has 1 spiro atoms. The number of carbonyl (C=O) groups is 1. The lowest BCUT2D eigenvalue weighted by molar-refractivity contribution is 0.0833. The number of nitrogens with zero attached hydrogens (tertiary/aromatic N) is 4. The number of aryl methyl sites for hydroxylation is 1. The number of nitrogens with one attached hydrogen (secondary N) is 4. The molecule has 1 fully saturated rings. The van der Waals surface area contributed by atoms with Crippen molar-refractivity contribution in [2.45, 2.75) is 44.7 Å². The van der Waals surface area contributed by atoms with E-state index in [1.54, 1.807) is 12.3 Å². The number of fused-ring (bicyclic) bond motifs is 2. The van der Waals surface area contributed by atoms with E-state index in [1.807, 2.05) is 6.92 Å².